The van der Waals surface area contributed by atoms with Crippen LogP contribution in [0.4, 0.5) is 0 Å². The molecule has 0 radical (unpaired) electrons. The van der Waals surface area contributed by atoms with Gasteiger partial charge in [-0.05, 0) is 18.2 Å². The zero-order valence-electron chi connectivity index (χ0n) is 14.4. The summed E-state index contributed by atoms with van der Waals surface area (Å²) >= 11 is 0. The van der Waals surface area contributed by atoms with Gasteiger partial charge in [-0.25, -0.2) is 4.98 Å². The van der Waals surface area contributed by atoms with Gasteiger partial charge in [0.25, 0.3) is 5.91 Å². The second kappa shape index (κ2) is 7.10. The van der Waals surface area contributed by atoms with Crippen molar-refractivity contribution < 1.29 is 14.3 Å². The lowest BCUT2D eigenvalue weighted by molar-refractivity contribution is 0.100. The van der Waals surface area contributed by atoms with E-state index in [0.717, 1.165) is 5.56 Å². The SMILES string of the molecule is COc1ccc(OC)c2c(C(=O)N=C(N)N)cc(-c3ccccc3)nc12. The first-order valence-corrected chi connectivity index (χ1v) is 7.80. The maximum Gasteiger partial charge on any atom is 0.281 e. The summed E-state index contributed by atoms with van der Waals surface area (Å²) in [6.45, 7) is 0. The maximum absolute atomic E-state index is 12.6. The molecule has 7 nitrogen and oxygen atoms in total. The van der Waals surface area contributed by atoms with Crippen molar-refractivity contribution in [3.8, 4) is 22.8 Å². The number of hydrogen-bond acceptors (Lipinski definition) is 4. The highest BCUT2D eigenvalue weighted by Crippen LogP contribution is 2.36. The number of aromatic nitrogens is 1. The first kappa shape index (κ1) is 17.2. The lowest BCUT2D eigenvalue weighted by Crippen LogP contribution is -2.24. The Bertz CT molecular complexity index is 997. The number of fused-ring (bicyclic) bond motifs is 1. The van der Waals surface area contributed by atoms with Crippen molar-refractivity contribution in [1.29, 1.82) is 0 Å². The third-order valence-corrected chi connectivity index (χ3v) is 3.86. The van der Waals surface area contributed by atoms with Crippen LogP contribution in [0.25, 0.3) is 22.2 Å². The molecule has 0 bridgehead atoms. The minimum atomic E-state index is -0.582. The van der Waals surface area contributed by atoms with Gasteiger partial charge in [0, 0.05) is 5.56 Å². The topological polar surface area (TPSA) is 113 Å². The molecule has 3 rings (SSSR count). The highest BCUT2D eigenvalue weighted by molar-refractivity contribution is 6.13. The highest BCUT2D eigenvalue weighted by Gasteiger charge is 2.20. The van der Waals surface area contributed by atoms with Gasteiger partial charge in [0.1, 0.15) is 17.0 Å². The average Bonchev–Trinajstić information content (AvgIpc) is 2.66. The summed E-state index contributed by atoms with van der Waals surface area (Å²) in [4.78, 5) is 21.0. The van der Waals surface area contributed by atoms with Crippen LogP contribution in [0.3, 0.4) is 0 Å². The fraction of sp³-hybridized carbons (Fsp3) is 0.105. The van der Waals surface area contributed by atoms with E-state index in [-0.39, 0.29) is 11.5 Å². The molecule has 0 aliphatic heterocycles. The Balaban J connectivity index is 2.40. The summed E-state index contributed by atoms with van der Waals surface area (Å²) in [6.07, 6.45) is 0. The third kappa shape index (κ3) is 3.14. The van der Waals surface area contributed by atoms with Crippen molar-refractivity contribution in [2.45, 2.75) is 0 Å². The van der Waals surface area contributed by atoms with Crippen LogP contribution in [0.15, 0.2) is 53.5 Å². The van der Waals surface area contributed by atoms with Crippen molar-refractivity contribution in [3.05, 3.63) is 54.1 Å². The number of nitrogens with zero attached hydrogens (tertiary/aromatic N) is 2. The molecule has 3 aromatic rings. The first-order valence-electron chi connectivity index (χ1n) is 7.80. The average molecular weight is 350 g/mol. The Kier molecular flexibility index (Phi) is 4.70. The van der Waals surface area contributed by atoms with E-state index in [1.807, 2.05) is 30.3 Å². The molecule has 0 unspecified atom stereocenters. The predicted octanol–water partition coefficient (Wildman–Crippen LogP) is 2.33. The summed E-state index contributed by atoms with van der Waals surface area (Å²) in [5, 5.41) is 0.488. The number of methoxy groups -OCH3 is 2. The third-order valence-electron chi connectivity index (χ3n) is 3.86. The second-order valence-corrected chi connectivity index (χ2v) is 5.46. The number of guanidine groups is 1. The number of aliphatic imine (C=N–C) groups is 1. The van der Waals surface area contributed by atoms with Crippen molar-refractivity contribution in [2.24, 2.45) is 16.5 Å². The molecule has 0 atom stereocenters. The summed E-state index contributed by atoms with van der Waals surface area (Å²) in [6, 6.07) is 14.6. The molecule has 4 N–H and O–H groups in total. The van der Waals surface area contributed by atoms with Gasteiger partial charge < -0.3 is 20.9 Å². The van der Waals surface area contributed by atoms with E-state index in [4.69, 9.17) is 20.9 Å². The van der Waals surface area contributed by atoms with E-state index < -0.39 is 5.91 Å². The number of carbonyl (C=O) groups excluding carboxylic acids is 1. The van der Waals surface area contributed by atoms with E-state index >= 15 is 0 Å². The summed E-state index contributed by atoms with van der Waals surface area (Å²) < 4.78 is 10.8. The van der Waals surface area contributed by atoms with Crippen LogP contribution in [-0.4, -0.2) is 31.1 Å². The summed E-state index contributed by atoms with van der Waals surface area (Å²) in [7, 11) is 3.05. The van der Waals surface area contributed by atoms with E-state index in [1.54, 1.807) is 18.2 Å². The molecule has 1 heterocycles. The van der Waals surface area contributed by atoms with Crippen LogP contribution in [0.2, 0.25) is 0 Å². The first-order chi connectivity index (χ1) is 12.5. The van der Waals surface area contributed by atoms with Crippen molar-refractivity contribution >= 4 is 22.8 Å². The van der Waals surface area contributed by atoms with Gasteiger partial charge in [-0.3, -0.25) is 4.79 Å². The lowest BCUT2D eigenvalue weighted by Gasteiger charge is -2.13. The summed E-state index contributed by atoms with van der Waals surface area (Å²) in [5.74, 6) is 0.0867. The number of hydrogen-bond donors (Lipinski definition) is 2. The molecule has 0 aliphatic carbocycles. The van der Waals surface area contributed by atoms with E-state index in [2.05, 4.69) is 9.98 Å². The molecule has 0 fully saturated rings. The molecular formula is C19H18N4O3. The largest absolute Gasteiger partial charge is 0.496 e. The molecule has 26 heavy (non-hydrogen) atoms. The molecular weight excluding hydrogens is 332 g/mol. The smallest absolute Gasteiger partial charge is 0.281 e. The Labute approximate surface area is 150 Å². The molecule has 132 valence electrons. The molecule has 0 saturated heterocycles. The number of ether oxygens (including phenoxy) is 2. The number of rotatable bonds is 4. The van der Waals surface area contributed by atoms with Crippen LogP contribution in [0, 0.1) is 0 Å². The number of benzene rings is 2. The number of amides is 1. The predicted molar refractivity (Wildman–Crippen MR) is 100 cm³/mol. The van der Waals surface area contributed by atoms with Crippen LogP contribution in [0.1, 0.15) is 10.4 Å². The fourth-order valence-electron chi connectivity index (χ4n) is 2.72. The van der Waals surface area contributed by atoms with Gasteiger partial charge in [-0.2, -0.15) is 4.99 Å². The molecule has 0 spiro atoms. The molecule has 7 heteroatoms. The van der Waals surface area contributed by atoms with E-state index in [0.29, 0.717) is 28.1 Å². The maximum atomic E-state index is 12.6. The molecule has 0 saturated carbocycles. The highest BCUT2D eigenvalue weighted by atomic mass is 16.5. The van der Waals surface area contributed by atoms with Crippen molar-refractivity contribution in [1.82, 2.24) is 4.98 Å². The Hall–Kier alpha value is -3.61. The standard InChI is InChI=1S/C19H18N4O3/c1-25-14-8-9-15(26-2)17-16(14)12(18(24)23-19(20)21)10-13(22-17)11-6-4-3-5-7-11/h3-10H,1-2H3,(H4,20,21,23,24). The minimum Gasteiger partial charge on any atom is -0.496 e. The monoisotopic (exact) mass is 350 g/mol. The van der Waals surface area contributed by atoms with E-state index in [9.17, 15) is 4.79 Å². The van der Waals surface area contributed by atoms with Crippen LogP contribution in [0.5, 0.6) is 11.5 Å². The zero-order valence-corrected chi connectivity index (χ0v) is 14.4. The van der Waals surface area contributed by atoms with E-state index in [1.165, 1.54) is 14.2 Å². The van der Waals surface area contributed by atoms with Gasteiger partial charge >= 0.3 is 0 Å². The number of carbonyl (C=O) groups is 1. The van der Waals surface area contributed by atoms with Crippen molar-refractivity contribution in [2.75, 3.05) is 14.2 Å². The molecule has 0 aliphatic rings. The lowest BCUT2D eigenvalue weighted by atomic mass is 10.0. The minimum absolute atomic E-state index is 0.276. The van der Waals surface area contributed by atoms with Crippen LogP contribution in [-0.2, 0) is 0 Å². The molecule has 1 aromatic heterocycles. The fourth-order valence-corrected chi connectivity index (χ4v) is 2.72. The Morgan fingerprint density at radius 3 is 2.27 bits per heavy atom. The van der Waals surface area contributed by atoms with Crippen LogP contribution >= 0.6 is 0 Å². The van der Waals surface area contributed by atoms with Crippen molar-refractivity contribution in [3.63, 3.8) is 0 Å². The second-order valence-electron chi connectivity index (χ2n) is 5.46. The normalized spacial score (nSPS) is 10.4. The molecule has 2 aromatic carbocycles. The molecule has 1 amide bonds. The number of pyridine rings is 1. The van der Waals surface area contributed by atoms with Gasteiger partial charge in [-0.15, -0.1) is 0 Å². The van der Waals surface area contributed by atoms with Gasteiger partial charge in [0.15, 0.2) is 5.96 Å². The zero-order chi connectivity index (χ0) is 18.7. The van der Waals surface area contributed by atoms with Gasteiger partial charge in [0.2, 0.25) is 0 Å². The van der Waals surface area contributed by atoms with Crippen LogP contribution < -0.4 is 20.9 Å². The Morgan fingerprint density at radius 2 is 1.65 bits per heavy atom. The summed E-state index contributed by atoms with van der Waals surface area (Å²) in [5.41, 5.74) is 13.0. The van der Waals surface area contributed by atoms with Gasteiger partial charge in [-0.1, -0.05) is 30.3 Å². The number of nitrogens with two attached hydrogens (primary N) is 2. The Morgan fingerprint density at radius 1 is 1.00 bits per heavy atom. The van der Waals surface area contributed by atoms with Gasteiger partial charge in [0.05, 0.1) is 30.9 Å². The quantitative estimate of drug-likeness (QED) is 0.551.